The number of benzene rings is 1. The second-order valence-corrected chi connectivity index (χ2v) is 5.12. The lowest BCUT2D eigenvalue weighted by molar-refractivity contribution is -0.274. The van der Waals surface area contributed by atoms with Gasteiger partial charge in [-0.15, -0.1) is 13.2 Å². The molecule has 1 aromatic carbocycles. The van der Waals surface area contributed by atoms with Crippen LogP contribution in [0.25, 0.3) is 11.1 Å². The van der Waals surface area contributed by atoms with Gasteiger partial charge >= 0.3 is 12.5 Å². The Labute approximate surface area is 134 Å². The molecule has 0 fully saturated rings. The topological polar surface area (TPSA) is 22.1 Å². The van der Waals surface area contributed by atoms with Gasteiger partial charge in [0.1, 0.15) is 9.45 Å². The van der Waals surface area contributed by atoms with Gasteiger partial charge in [-0.05, 0) is 51.9 Å². The van der Waals surface area contributed by atoms with E-state index in [1.807, 2.05) is 0 Å². The Bertz CT molecular complexity index is 683. The Balaban J connectivity index is 2.54. The molecule has 0 radical (unpaired) electrons. The minimum Gasteiger partial charge on any atom is -0.406 e. The van der Waals surface area contributed by atoms with Gasteiger partial charge in [-0.25, -0.2) is 4.98 Å². The lowest BCUT2D eigenvalue weighted by Crippen LogP contribution is -2.17. The molecule has 1 aromatic heterocycles. The molecule has 0 spiro atoms. The van der Waals surface area contributed by atoms with Gasteiger partial charge < -0.3 is 4.74 Å². The van der Waals surface area contributed by atoms with Crippen LogP contribution in [0.5, 0.6) is 5.75 Å². The molecule has 0 aliphatic rings. The van der Waals surface area contributed by atoms with Gasteiger partial charge in [0.25, 0.3) is 0 Å². The summed E-state index contributed by atoms with van der Waals surface area (Å²) in [5.74, 6) is -0.593. The molecule has 0 aliphatic heterocycles. The van der Waals surface area contributed by atoms with Crippen molar-refractivity contribution in [3.63, 3.8) is 0 Å². The summed E-state index contributed by atoms with van der Waals surface area (Å²) in [5, 5.41) is 0. The summed E-state index contributed by atoms with van der Waals surface area (Å²) in [6.07, 6.45) is -8.44. The average Bonchev–Trinajstić information content (AvgIpc) is 2.35. The number of ether oxygens (including phenoxy) is 1. The van der Waals surface area contributed by atoms with Crippen molar-refractivity contribution in [1.29, 1.82) is 0 Å². The van der Waals surface area contributed by atoms with Gasteiger partial charge in [-0.1, -0.05) is 12.1 Å². The fourth-order valence-corrected chi connectivity index (χ4v) is 2.56. The van der Waals surface area contributed by atoms with Crippen LogP contribution < -0.4 is 4.74 Å². The van der Waals surface area contributed by atoms with Crippen molar-refractivity contribution in [2.75, 3.05) is 0 Å². The van der Waals surface area contributed by atoms with Crippen LogP contribution in [0, 0.1) is 3.70 Å². The summed E-state index contributed by atoms with van der Waals surface area (Å²) < 4.78 is 79.3. The van der Waals surface area contributed by atoms with E-state index in [0.29, 0.717) is 0 Å². The lowest BCUT2D eigenvalue weighted by atomic mass is 10.0. The zero-order valence-electron chi connectivity index (χ0n) is 10.5. The van der Waals surface area contributed by atoms with E-state index in [1.165, 1.54) is 34.7 Å². The van der Waals surface area contributed by atoms with Gasteiger partial charge in [0.15, 0.2) is 0 Å². The number of halogens is 7. The van der Waals surface area contributed by atoms with E-state index in [-0.39, 0.29) is 14.8 Å². The van der Waals surface area contributed by atoms with E-state index >= 15 is 0 Å². The largest absolute Gasteiger partial charge is 0.573 e. The van der Waals surface area contributed by atoms with Gasteiger partial charge in [0, 0.05) is 6.20 Å². The third-order valence-electron chi connectivity index (χ3n) is 2.57. The van der Waals surface area contributed by atoms with E-state index in [1.54, 1.807) is 0 Å². The molecule has 1 heterocycles. The van der Waals surface area contributed by atoms with Crippen LogP contribution in [-0.4, -0.2) is 11.3 Å². The second-order valence-electron chi connectivity index (χ2n) is 4.10. The molecule has 0 aliphatic carbocycles. The van der Waals surface area contributed by atoms with E-state index in [0.717, 1.165) is 24.4 Å². The van der Waals surface area contributed by atoms with Gasteiger partial charge in [0.05, 0.1) is 5.56 Å². The molecule has 2 aromatic rings. The minimum absolute atomic E-state index is 0.0469. The summed E-state index contributed by atoms with van der Waals surface area (Å²) in [5.41, 5.74) is -1.31. The fourth-order valence-electron chi connectivity index (χ4n) is 1.81. The quantitative estimate of drug-likeness (QED) is 0.366. The van der Waals surface area contributed by atoms with E-state index in [2.05, 4.69) is 9.72 Å². The molecule has 0 N–H and O–H groups in total. The molecule has 2 nitrogen and oxygen atoms in total. The molecule has 0 saturated heterocycles. The highest BCUT2D eigenvalue weighted by molar-refractivity contribution is 14.1. The van der Waals surface area contributed by atoms with Crippen LogP contribution in [0.2, 0.25) is 0 Å². The van der Waals surface area contributed by atoms with Crippen molar-refractivity contribution in [1.82, 2.24) is 4.98 Å². The number of alkyl halides is 6. The first-order valence-electron chi connectivity index (χ1n) is 5.66. The van der Waals surface area contributed by atoms with E-state index < -0.39 is 23.9 Å². The minimum atomic E-state index is -4.92. The second kappa shape index (κ2) is 5.94. The molecule has 2 rings (SSSR count). The monoisotopic (exact) mass is 433 g/mol. The first kappa shape index (κ1) is 16.8. The Morgan fingerprint density at radius 2 is 1.68 bits per heavy atom. The summed E-state index contributed by atoms with van der Waals surface area (Å²) in [6, 6.07) is 5.45. The van der Waals surface area contributed by atoms with Crippen molar-refractivity contribution in [2.24, 2.45) is 0 Å². The standard InChI is InChI=1S/C13H6F6INO/c14-12(15,16)10-9(4-5-21-11(10)20)7-2-1-3-8(6-7)22-13(17,18)19/h1-6H. The lowest BCUT2D eigenvalue weighted by Gasteiger charge is -2.15. The van der Waals surface area contributed by atoms with Crippen molar-refractivity contribution < 1.29 is 31.1 Å². The Kier molecular flexibility index (Phi) is 4.54. The first-order chi connectivity index (χ1) is 10.1. The average molecular weight is 433 g/mol. The maximum Gasteiger partial charge on any atom is 0.573 e. The number of nitrogens with zero attached hydrogens (tertiary/aromatic N) is 1. The van der Waals surface area contributed by atoms with Crippen LogP contribution in [0.1, 0.15) is 5.56 Å². The highest BCUT2D eigenvalue weighted by Gasteiger charge is 2.37. The first-order valence-corrected chi connectivity index (χ1v) is 6.74. The van der Waals surface area contributed by atoms with Crippen molar-refractivity contribution in [2.45, 2.75) is 12.5 Å². The number of pyridine rings is 1. The Hall–Kier alpha value is -1.52. The zero-order valence-corrected chi connectivity index (χ0v) is 12.6. The highest BCUT2D eigenvalue weighted by atomic mass is 127. The highest BCUT2D eigenvalue weighted by Crippen LogP contribution is 2.40. The number of aromatic nitrogens is 1. The maximum absolute atomic E-state index is 13.1. The van der Waals surface area contributed by atoms with Crippen LogP contribution in [0.3, 0.4) is 0 Å². The molecule has 118 valence electrons. The molecular formula is C13H6F6INO. The van der Waals surface area contributed by atoms with E-state index in [4.69, 9.17) is 0 Å². The molecule has 0 unspecified atom stereocenters. The Morgan fingerprint density at radius 1 is 1.00 bits per heavy atom. The van der Waals surface area contributed by atoms with Crippen molar-refractivity contribution in [3.8, 4) is 16.9 Å². The zero-order chi connectivity index (χ0) is 16.5. The van der Waals surface area contributed by atoms with Gasteiger partial charge in [-0.2, -0.15) is 13.2 Å². The fraction of sp³-hybridized carbons (Fsp3) is 0.154. The van der Waals surface area contributed by atoms with E-state index in [9.17, 15) is 26.3 Å². The molecule has 9 heteroatoms. The molecule has 0 bridgehead atoms. The molecule has 0 saturated carbocycles. The Morgan fingerprint density at radius 3 is 2.27 bits per heavy atom. The summed E-state index contributed by atoms with van der Waals surface area (Å²) >= 11 is 1.43. The third-order valence-corrected chi connectivity index (χ3v) is 3.38. The summed E-state index contributed by atoms with van der Waals surface area (Å²) in [7, 11) is 0. The van der Waals surface area contributed by atoms with Crippen LogP contribution in [0.4, 0.5) is 26.3 Å². The number of hydrogen-bond acceptors (Lipinski definition) is 2. The summed E-state index contributed by atoms with van der Waals surface area (Å²) in [6.45, 7) is 0. The SMILES string of the molecule is FC(F)(F)Oc1cccc(-c2ccnc(I)c2C(F)(F)F)c1. The summed E-state index contributed by atoms with van der Waals surface area (Å²) in [4.78, 5) is 3.57. The molecule has 0 atom stereocenters. The van der Waals surface area contributed by atoms with Crippen molar-refractivity contribution in [3.05, 3.63) is 45.8 Å². The molecular weight excluding hydrogens is 427 g/mol. The third kappa shape index (κ3) is 4.02. The number of hydrogen-bond donors (Lipinski definition) is 0. The maximum atomic E-state index is 13.1. The predicted molar refractivity (Wildman–Crippen MR) is 74.1 cm³/mol. The van der Waals surface area contributed by atoms with Gasteiger partial charge in [-0.3, -0.25) is 0 Å². The smallest absolute Gasteiger partial charge is 0.406 e. The molecule has 22 heavy (non-hydrogen) atoms. The molecule has 0 amide bonds. The number of rotatable bonds is 2. The normalized spacial score (nSPS) is 12.3. The van der Waals surface area contributed by atoms with Gasteiger partial charge in [0.2, 0.25) is 0 Å². The van der Waals surface area contributed by atoms with Crippen LogP contribution in [0.15, 0.2) is 36.5 Å². The van der Waals surface area contributed by atoms with Crippen molar-refractivity contribution >= 4 is 22.6 Å². The predicted octanol–water partition coefficient (Wildman–Crippen LogP) is 5.27. The van der Waals surface area contributed by atoms with Crippen LogP contribution in [-0.2, 0) is 6.18 Å². The van der Waals surface area contributed by atoms with Crippen LogP contribution >= 0.6 is 22.6 Å².